The molecule has 0 radical (unpaired) electrons. The molecule has 2 heterocycles. The number of hydrogen-bond acceptors (Lipinski definition) is 3. The Hall–Kier alpha value is -3.36. The topological polar surface area (TPSA) is 67.2 Å². The van der Waals surface area contributed by atoms with Gasteiger partial charge in [-0.05, 0) is 43.5 Å². The van der Waals surface area contributed by atoms with Gasteiger partial charge in [0.15, 0.2) is 0 Å². The molecule has 1 fully saturated rings. The second-order valence-corrected chi connectivity index (χ2v) is 7.55. The van der Waals surface area contributed by atoms with Crippen molar-refractivity contribution < 1.29 is 22.8 Å². The Bertz CT molecular complexity index is 1150. The van der Waals surface area contributed by atoms with E-state index in [9.17, 15) is 22.8 Å². The molecule has 0 saturated carbocycles. The largest absolute Gasteiger partial charge is 0.449 e. The van der Waals surface area contributed by atoms with Gasteiger partial charge in [0.25, 0.3) is 5.91 Å². The molecule has 1 aliphatic heterocycles. The Morgan fingerprint density at radius 1 is 1.06 bits per heavy atom. The van der Waals surface area contributed by atoms with Gasteiger partial charge in [0, 0.05) is 13.1 Å². The number of aromatic nitrogens is 2. The summed E-state index contributed by atoms with van der Waals surface area (Å²) in [5, 5.41) is 2.63. The van der Waals surface area contributed by atoms with Crippen molar-refractivity contribution in [2.75, 3.05) is 18.4 Å². The van der Waals surface area contributed by atoms with E-state index in [1.165, 1.54) is 12.1 Å². The van der Waals surface area contributed by atoms with Crippen LogP contribution in [0.25, 0.3) is 11.0 Å². The summed E-state index contributed by atoms with van der Waals surface area (Å²) in [5.41, 5.74) is 1.72. The van der Waals surface area contributed by atoms with Gasteiger partial charge in [0.2, 0.25) is 11.7 Å². The van der Waals surface area contributed by atoms with E-state index >= 15 is 0 Å². The average Bonchev–Trinajstić information content (AvgIpc) is 3.36. The highest BCUT2D eigenvalue weighted by molar-refractivity contribution is 6.05. The lowest BCUT2D eigenvalue weighted by Crippen LogP contribution is -2.30. The fourth-order valence-electron chi connectivity index (χ4n) is 3.92. The number of anilines is 1. The van der Waals surface area contributed by atoms with Crippen LogP contribution in [0, 0.1) is 6.92 Å². The van der Waals surface area contributed by atoms with E-state index in [1.807, 2.05) is 0 Å². The molecule has 2 aromatic carbocycles. The zero-order valence-corrected chi connectivity index (χ0v) is 16.9. The van der Waals surface area contributed by atoms with Gasteiger partial charge in [-0.15, -0.1) is 0 Å². The fraction of sp³-hybridized carbons (Fsp3) is 0.318. The molecule has 1 N–H and O–H groups in total. The van der Waals surface area contributed by atoms with Crippen LogP contribution in [0.4, 0.5) is 18.9 Å². The summed E-state index contributed by atoms with van der Waals surface area (Å²) in [7, 11) is 0. The van der Waals surface area contributed by atoms with Crippen LogP contribution in [0.2, 0.25) is 0 Å². The molecule has 9 heteroatoms. The molecule has 0 atom stereocenters. The number of amides is 2. The third-order valence-corrected chi connectivity index (χ3v) is 5.36. The summed E-state index contributed by atoms with van der Waals surface area (Å²) in [4.78, 5) is 31.1. The van der Waals surface area contributed by atoms with Crippen LogP contribution in [0.15, 0.2) is 42.5 Å². The summed E-state index contributed by atoms with van der Waals surface area (Å²) in [6.45, 7) is 2.48. The Morgan fingerprint density at radius 2 is 1.77 bits per heavy atom. The quantitative estimate of drug-likeness (QED) is 0.673. The Morgan fingerprint density at radius 3 is 2.48 bits per heavy atom. The maximum Gasteiger partial charge on any atom is 0.449 e. The molecule has 0 unspecified atom stereocenters. The van der Waals surface area contributed by atoms with Crippen LogP contribution in [-0.2, 0) is 17.5 Å². The SMILES string of the molecule is Cc1cccc(NC(=O)Cn2c(C(F)(F)F)nc3ccccc32)c1C(=O)N1CCCC1. The van der Waals surface area contributed by atoms with Crippen molar-refractivity contribution in [3.05, 3.63) is 59.4 Å². The second kappa shape index (κ2) is 8.05. The zero-order valence-electron chi connectivity index (χ0n) is 16.9. The highest BCUT2D eigenvalue weighted by Crippen LogP contribution is 2.31. The lowest BCUT2D eigenvalue weighted by molar-refractivity contribution is -0.147. The fourth-order valence-corrected chi connectivity index (χ4v) is 3.92. The average molecular weight is 430 g/mol. The molecule has 1 aliphatic rings. The number of benzene rings is 2. The van der Waals surface area contributed by atoms with Crippen molar-refractivity contribution in [2.24, 2.45) is 0 Å². The number of carbonyl (C=O) groups is 2. The minimum Gasteiger partial charge on any atom is -0.339 e. The van der Waals surface area contributed by atoms with Crippen LogP contribution in [0.3, 0.4) is 0 Å². The predicted octanol–water partition coefficient (Wildman–Crippen LogP) is 4.24. The molecular weight excluding hydrogens is 409 g/mol. The Kier molecular flexibility index (Phi) is 5.43. The van der Waals surface area contributed by atoms with E-state index in [2.05, 4.69) is 10.3 Å². The number of rotatable bonds is 4. The number of para-hydroxylation sites is 2. The number of halogens is 3. The van der Waals surface area contributed by atoms with Gasteiger partial charge in [-0.25, -0.2) is 4.98 Å². The molecule has 3 aromatic rings. The highest BCUT2D eigenvalue weighted by atomic mass is 19.4. The molecule has 1 aromatic heterocycles. The number of imidazole rings is 1. The maximum absolute atomic E-state index is 13.5. The number of hydrogen-bond donors (Lipinski definition) is 1. The lowest BCUT2D eigenvalue weighted by Gasteiger charge is -2.20. The minimum atomic E-state index is -4.71. The Balaban J connectivity index is 1.64. The van der Waals surface area contributed by atoms with Crippen LogP contribution >= 0.6 is 0 Å². The Labute approximate surface area is 176 Å². The molecule has 2 amide bonds. The predicted molar refractivity (Wildman–Crippen MR) is 110 cm³/mol. The van der Waals surface area contributed by atoms with E-state index < -0.39 is 24.5 Å². The van der Waals surface area contributed by atoms with Crippen molar-refractivity contribution in [2.45, 2.75) is 32.5 Å². The molecule has 0 spiro atoms. The van der Waals surface area contributed by atoms with E-state index in [-0.39, 0.29) is 16.9 Å². The van der Waals surface area contributed by atoms with Crippen LogP contribution in [0.1, 0.15) is 34.6 Å². The van der Waals surface area contributed by atoms with Gasteiger partial charge in [-0.3, -0.25) is 9.59 Å². The summed E-state index contributed by atoms with van der Waals surface area (Å²) >= 11 is 0. The molecule has 0 aliphatic carbocycles. The summed E-state index contributed by atoms with van der Waals surface area (Å²) in [6, 6.07) is 11.2. The van der Waals surface area contributed by atoms with Gasteiger partial charge < -0.3 is 14.8 Å². The van der Waals surface area contributed by atoms with Gasteiger partial charge in [0.05, 0.1) is 22.3 Å². The molecule has 31 heavy (non-hydrogen) atoms. The lowest BCUT2D eigenvalue weighted by atomic mass is 10.0. The maximum atomic E-state index is 13.5. The third-order valence-electron chi connectivity index (χ3n) is 5.36. The van der Waals surface area contributed by atoms with Crippen LogP contribution in [0.5, 0.6) is 0 Å². The van der Waals surface area contributed by atoms with E-state index in [1.54, 1.807) is 42.2 Å². The van der Waals surface area contributed by atoms with Gasteiger partial charge in [0.1, 0.15) is 6.54 Å². The molecule has 0 bridgehead atoms. The molecule has 4 rings (SSSR count). The van der Waals surface area contributed by atoms with E-state index in [0.717, 1.165) is 17.4 Å². The molecule has 1 saturated heterocycles. The number of alkyl halides is 3. The highest BCUT2D eigenvalue weighted by Gasteiger charge is 2.38. The van der Waals surface area contributed by atoms with Gasteiger partial charge in [-0.1, -0.05) is 24.3 Å². The number of carbonyl (C=O) groups excluding carboxylic acids is 2. The van der Waals surface area contributed by atoms with E-state index in [0.29, 0.717) is 29.9 Å². The summed E-state index contributed by atoms with van der Waals surface area (Å²) in [5.74, 6) is -1.99. The van der Waals surface area contributed by atoms with Gasteiger partial charge in [-0.2, -0.15) is 13.2 Å². The monoisotopic (exact) mass is 430 g/mol. The van der Waals surface area contributed by atoms with Crippen molar-refractivity contribution in [1.29, 1.82) is 0 Å². The molecule has 162 valence electrons. The van der Waals surface area contributed by atoms with Crippen LogP contribution < -0.4 is 5.32 Å². The number of likely N-dealkylation sites (tertiary alicyclic amines) is 1. The number of nitrogens with one attached hydrogen (secondary N) is 1. The standard InChI is InChI=1S/C22H21F3N4O2/c1-14-7-6-9-16(19(14)20(31)28-11-4-5-12-28)26-18(30)13-29-17-10-3-2-8-15(17)27-21(29)22(23,24)25/h2-3,6-10H,4-5,11-13H2,1H3,(H,26,30). The number of nitrogens with zero attached hydrogens (tertiary/aromatic N) is 3. The number of fused-ring (bicyclic) bond motifs is 1. The van der Waals surface area contributed by atoms with Crippen molar-refractivity contribution in [1.82, 2.24) is 14.5 Å². The molecule has 6 nitrogen and oxygen atoms in total. The van der Waals surface area contributed by atoms with Crippen molar-refractivity contribution in [3.63, 3.8) is 0 Å². The smallest absolute Gasteiger partial charge is 0.339 e. The van der Waals surface area contributed by atoms with Crippen molar-refractivity contribution in [3.8, 4) is 0 Å². The van der Waals surface area contributed by atoms with Crippen molar-refractivity contribution >= 4 is 28.5 Å². The first-order chi connectivity index (χ1) is 14.8. The minimum absolute atomic E-state index is 0.156. The molecular formula is C22H21F3N4O2. The first-order valence-electron chi connectivity index (χ1n) is 9.97. The number of aryl methyl sites for hydroxylation is 1. The second-order valence-electron chi connectivity index (χ2n) is 7.55. The zero-order chi connectivity index (χ0) is 22.2. The normalized spacial score (nSPS) is 14.3. The first-order valence-corrected chi connectivity index (χ1v) is 9.97. The van der Waals surface area contributed by atoms with Gasteiger partial charge >= 0.3 is 6.18 Å². The summed E-state index contributed by atoms with van der Waals surface area (Å²) < 4.78 is 41.3. The summed E-state index contributed by atoms with van der Waals surface area (Å²) in [6.07, 6.45) is -2.86. The van der Waals surface area contributed by atoms with Crippen LogP contribution in [-0.4, -0.2) is 39.4 Å². The first kappa shape index (κ1) is 20.9. The third kappa shape index (κ3) is 4.12. The van der Waals surface area contributed by atoms with E-state index in [4.69, 9.17) is 0 Å².